The van der Waals surface area contributed by atoms with Crippen LogP contribution in [0.25, 0.3) is 104 Å². The molecule has 0 unspecified atom stereocenters. The monoisotopic (exact) mass is 671 g/mol. The normalized spacial score (nSPS) is 11.8. The molecule has 0 fully saturated rings. The molecule has 10 aromatic carbocycles. The molecule has 53 heavy (non-hydrogen) atoms. The Hall–Kier alpha value is -6.96. The fourth-order valence-electron chi connectivity index (χ4n) is 8.91. The summed E-state index contributed by atoms with van der Waals surface area (Å²) in [7, 11) is 0. The molecule has 0 aliphatic carbocycles. The van der Waals surface area contributed by atoms with Crippen molar-refractivity contribution in [2.45, 2.75) is 0 Å². The summed E-state index contributed by atoms with van der Waals surface area (Å²) >= 11 is 0. The smallest absolute Gasteiger partial charge is 0.0553 e. The van der Waals surface area contributed by atoms with Crippen LogP contribution in [-0.2, 0) is 0 Å². The Morgan fingerprint density at radius 3 is 1.34 bits per heavy atom. The van der Waals surface area contributed by atoms with Gasteiger partial charge in [-0.1, -0.05) is 176 Å². The van der Waals surface area contributed by atoms with Gasteiger partial charge in [0.2, 0.25) is 0 Å². The number of hydrogen-bond acceptors (Lipinski definition) is 0. The van der Waals surface area contributed by atoms with E-state index in [9.17, 15) is 0 Å². The lowest BCUT2D eigenvalue weighted by Crippen LogP contribution is -1.95. The topological polar surface area (TPSA) is 4.93 Å². The second kappa shape index (κ2) is 11.8. The average molecular weight is 672 g/mol. The van der Waals surface area contributed by atoms with Crippen LogP contribution >= 0.6 is 0 Å². The summed E-state index contributed by atoms with van der Waals surface area (Å²) in [4.78, 5) is 0. The lowest BCUT2D eigenvalue weighted by Gasteiger charge is -2.18. The Morgan fingerprint density at radius 1 is 0.283 bits per heavy atom. The minimum Gasteiger partial charge on any atom is -0.309 e. The van der Waals surface area contributed by atoms with Crippen molar-refractivity contribution in [1.29, 1.82) is 0 Å². The van der Waals surface area contributed by atoms with Gasteiger partial charge in [0.1, 0.15) is 0 Å². The quantitative estimate of drug-likeness (QED) is 0.164. The Morgan fingerprint density at radius 2 is 0.736 bits per heavy atom. The van der Waals surface area contributed by atoms with Gasteiger partial charge in [-0.3, -0.25) is 0 Å². The van der Waals surface area contributed by atoms with Crippen LogP contribution in [0.5, 0.6) is 0 Å². The number of benzene rings is 10. The van der Waals surface area contributed by atoms with Crippen LogP contribution in [0.15, 0.2) is 200 Å². The van der Waals surface area contributed by atoms with E-state index in [0.29, 0.717) is 0 Å². The highest BCUT2D eigenvalue weighted by atomic mass is 15.0. The zero-order chi connectivity index (χ0) is 34.9. The van der Waals surface area contributed by atoms with E-state index in [-0.39, 0.29) is 0 Å². The van der Waals surface area contributed by atoms with E-state index in [4.69, 9.17) is 0 Å². The molecule has 1 nitrogen and oxygen atoms in total. The molecule has 1 heteroatoms. The molecule has 11 rings (SSSR count). The third-order valence-electron chi connectivity index (χ3n) is 11.2. The Balaban J connectivity index is 1.20. The molecular formula is C52H33N. The summed E-state index contributed by atoms with van der Waals surface area (Å²) in [5.74, 6) is 0. The van der Waals surface area contributed by atoms with Crippen molar-refractivity contribution in [3.8, 4) is 39.1 Å². The first-order valence-electron chi connectivity index (χ1n) is 18.4. The van der Waals surface area contributed by atoms with Gasteiger partial charge in [-0.2, -0.15) is 0 Å². The highest BCUT2D eigenvalue weighted by Crippen LogP contribution is 2.46. The maximum absolute atomic E-state index is 2.48. The third kappa shape index (κ3) is 4.51. The van der Waals surface area contributed by atoms with Gasteiger partial charge in [-0.05, 0) is 101 Å². The molecule has 0 amide bonds. The van der Waals surface area contributed by atoms with Crippen molar-refractivity contribution >= 4 is 64.9 Å². The van der Waals surface area contributed by atoms with Crippen LogP contribution < -0.4 is 0 Å². The zero-order valence-corrected chi connectivity index (χ0v) is 29.0. The Bertz CT molecular complexity index is 3130. The van der Waals surface area contributed by atoms with Crippen LogP contribution in [0, 0.1) is 0 Å². The molecule has 11 aromatic rings. The predicted octanol–water partition coefficient (Wildman–Crippen LogP) is 14.4. The summed E-state index contributed by atoms with van der Waals surface area (Å²) < 4.78 is 2.48. The lowest BCUT2D eigenvalue weighted by atomic mass is 9.86. The Labute approximate surface area is 307 Å². The predicted molar refractivity (Wildman–Crippen MR) is 227 cm³/mol. The molecule has 0 aliphatic heterocycles. The van der Waals surface area contributed by atoms with Crippen LogP contribution in [0.2, 0.25) is 0 Å². The van der Waals surface area contributed by atoms with Crippen LogP contribution in [0.1, 0.15) is 0 Å². The summed E-state index contributed by atoms with van der Waals surface area (Å²) in [5.41, 5.74) is 11.0. The standard InChI is InChI=1S/C52H33N/c1-3-15-34(16-4-1)46-33-48-52(41-22-10-9-21-40(41)46)51-39-20-8-7-17-35(39)29-32-47(51)53(48)38-30-27-37(28-31-38)50-44-25-13-11-23-42(44)49(36-18-5-2-6-19-36)43-24-12-14-26-45(43)50/h1-33H. The minimum absolute atomic E-state index is 1.15. The molecule has 0 aliphatic rings. The Kier molecular flexibility index (Phi) is 6.62. The third-order valence-corrected chi connectivity index (χ3v) is 11.2. The van der Waals surface area contributed by atoms with Gasteiger partial charge in [0.05, 0.1) is 11.0 Å². The SMILES string of the molecule is c1ccc(-c2c3ccccc3c(-c3ccc(-n4c5ccc6ccccc6c5c5c6ccccc6c(-c6ccccc6)cc54)cc3)c3ccccc23)cc1. The van der Waals surface area contributed by atoms with Crippen molar-refractivity contribution in [2.24, 2.45) is 0 Å². The first-order chi connectivity index (χ1) is 26.3. The van der Waals surface area contributed by atoms with E-state index in [0.717, 1.165) is 5.69 Å². The second-order valence-electron chi connectivity index (χ2n) is 14.0. The van der Waals surface area contributed by atoms with Gasteiger partial charge in [0.25, 0.3) is 0 Å². The summed E-state index contributed by atoms with van der Waals surface area (Å²) in [6, 6.07) is 73.4. The molecule has 0 radical (unpaired) electrons. The van der Waals surface area contributed by atoms with Crippen molar-refractivity contribution in [2.75, 3.05) is 0 Å². The molecule has 1 aromatic heterocycles. The van der Waals surface area contributed by atoms with Gasteiger partial charge in [0.15, 0.2) is 0 Å². The molecule has 0 spiro atoms. The maximum Gasteiger partial charge on any atom is 0.0553 e. The fraction of sp³-hybridized carbons (Fsp3) is 0. The molecule has 0 bridgehead atoms. The number of rotatable bonds is 4. The van der Waals surface area contributed by atoms with E-state index in [1.54, 1.807) is 0 Å². The second-order valence-corrected chi connectivity index (χ2v) is 14.0. The average Bonchev–Trinajstić information content (AvgIpc) is 3.58. The number of aromatic nitrogens is 1. The minimum atomic E-state index is 1.15. The van der Waals surface area contributed by atoms with Crippen LogP contribution in [-0.4, -0.2) is 4.57 Å². The van der Waals surface area contributed by atoms with Crippen molar-refractivity contribution < 1.29 is 0 Å². The summed E-state index contributed by atoms with van der Waals surface area (Å²) in [5, 5.41) is 12.7. The molecule has 0 saturated heterocycles. The van der Waals surface area contributed by atoms with Gasteiger partial charge >= 0.3 is 0 Å². The number of hydrogen-bond donors (Lipinski definition) is 0. The number of fused-ring (bicyclic) bond motifs is 9. The van der Waals surface area contributed by atoms with Crippen molar-refractivity contribution in [3.63, 3.8) is 0 Å². The first kappa shape index (κ1) is 29.7. The van der Waals surface area contributed by atoms with E-state index in [1.165, 1.54) is 98.3 Å². The van der Waals surface area contributed by atoms with Crippen LogP contribution in [0.4, 0.5) is 0 Å². The van der Waals surface area contributed by atoms with Crippen LogP contribution in [0.3, 0.4) is 0 Å². The van der Waals surface area contributed by atoms with Gasteiger partial charge in [0, 0.05) is 16.5 Å². The van der Waals surface area contributed by atoms with E-state index >= 15 is 0 Å². The van der Waals surface area contributed by atoms with E-state index < -0.39 is 0 Å². The fourth-order valence-corrected chi connectivity index (χ4v) is 8.91. The van der Waals surface area contributed by atoms with Gasteiger partial charge in [-0.25, -0.2) is 0 Å². The molecule has 1 heterocycles. The van der Waals surface area contributed by atoms with Crippen molar-refractivity contribution in [3.05, 3.63) is 200 Å². The largest absolute Gasteiger partial charge is 0.309 e. The summed E-state index contributed by atoms with van der Waals surface area (Å²) in [6.45, 7) is 0. The molecule has 0 atom stereocenters. The van der Waals surface area contributed by atoms with E-state index in [1.807, 2.05) is 0 Å². The highest BCUT2D eigenvalue weighted by Gasteiger charge is 2.21. The first-order valence-corrected chi connectivity index (χ1v) is 18.4. The highest BCUT2D eigenvalue weighted by molar-refractivity contribution is 6.30. The molecular weight excluding hydrogens is 639 g/mol. The van der Waals surface area contributed by atoms with Gasteiger partial charge in [-0.15, -0.1) is 0 Å². The molecule has 246 valence electrons. The zero-order valence-electron chi connectivity index (χ0n) is 29.0. The van der Waals surface area contributed by atoms with E-state index in [2.05, 4.69) is 205 Å². The van der Waals surface area contributed by atoms with Gasteiger partial charge < -0.3 is 4.57 Å². The van der Waals surface area contributed by atoms with Crippen molar-refractivity contribution in [1.82, 2.24) is 4.57 Å². The number of nitrogens with zero attached hydrogens (tertiary/aromatic N) is 1. The summed E-state index contributed by atoms with van der Waals surface area (Å²) in [6.07, 6.45) is 0. The molecule has 0 N–H and O–H groups in total. The maximum atomic E-state index is 2.48. The lowest BCUT2D eigenvalue weighted by molar-refractivity contribution is 1.18. The molecule has 0 saturated carbocycles.